The van der Waals surface area contributed by atoms with Crippen molar-refractivity contribution in [3.8, 4) is 84.7 Å². The molecule has 61 heavy (non-hydrogen) atoms. The van der Waals surface area contributed by atoms with E-state index in [0.717, 1.165) is 33.4 Å². The van der Waals surface area contributed by atoms with E-state index in [9.17, 15) is 5.26 Å². The van der Waals surface area contributed by atoms with E-state index in [1.54, 1.807) is 0 Å². The molecule has 0 fully saturated rings. The van der Waals surface area contributed by atoms with Gasteiger partial charge in [0.25, 0.3) is 0 Å². The van der Waals surface area contributed by atoms with E-state index in [1.165, 1.54) is 60.8 Å². The minimum absolute atomic E-state index is 0.564. The van der Waals surface area contributed by atoms with E-state index in [2.05, 4.69) is 133 Å². The van der Waals surface area contributed by atoms with Crippen molar-refractivity contribution >= 4 is 10.8 Å². The predicted molar refractivity (Wildman–Crippen MR) is 246 cm³/mol. The van der Waals surface area contributed by atoms with E-state index in [-0.39, 0.29) is 0 Å². The van der Waals surface area contributed by atoms with Crippen molar-refractivity contribution in [2.75, 3.05) is 0 Å². The summed E-state index contributed by atoms with van der Waals surface area (Å²) in [6.07, 6.45) is 0. The van der Waals surface area contributed by atoms with Crippen LogP contribution in [-0.4, -0.2) is 15.0 Å². The molecule has 1 aromatic heterocycles. The van der Waals surface area contributed by atoms with Crippen molar-refractivity contribution in [2.45, 2.75) is 5.41 Å². The zero-order chi connectivity index (χ0) is 40.5. The molecule has 0 unspecified atom stereocenters. The number of aromatic nitrogens is 3. The number of rotatable bonds is 5. The Balaban J connectivity index is 1.05. The van der Waals surface area contributed by atoms with Crippen LogP contribution in [0.5, 0.6) is 0 Å². The molecule has 4 nitrogen and oxygen atoms in total. The first-order chi connectivity index (χ1) is 30.2. The summed E-state index contributed by atoms with van der Waals surface area (Å²) in [5.74, 6) is 1.92. The molecular formula is C57H34N4. The standard InChI is InChI=1S/C57H34N4/c58-35-36-13-11-18-41(33-36)42-29-30-46-48-32-31-43(37-25-27-40(28-26-37)56-60-54(38-14-3-1-4-15-38)59-55(61-56)39-16-5-2-6-17-39)47-21-12-24-51(53(47)48)57(52(46)34-42)49-22-9-7-19-44(49)45-20-8-10-23-50(45)57/h1-34H. The van der Waals surface area contributed by atoms with Crippen molar-refractivity contribution in [3.63, 3.8) is 0 Å². The number of hydrogen-bond acceptors (Lipinski definition) is 4. The maximum atomic E-state index is 9.79. The first-order valence-electron chi connectivity index (χ1n) is 20.6. The lowest BCUT2D eigenvalue weighted by Gasteiger charge is -2.40. The maximum absolute atomic E-state index is 9.79. The fourth-order valence-corrected chi connectivity index (χ4v) is 9.93. The quantitative estimate of drug-likeness (QED) is 0.175. The molecule has 1 spiro atoms. The summed E-state index contributed by atoms with van der Waals surface area (Å²) in [5.41, 5.74) is 17.4. The molecule has 4 heteroatoms. The summed E-state index contributed by atoms with van der Waals surface area (Å²) in [6.45, 7) is 0. The Morgan fingerprint density at radius 3 is 1.43 bits per heavy atom. The Labute approximate surface area is 353 Å². The summed E-state index contributed by atoms with van der Waals surface area (Å²) in [6, 6.07) is 75.3. The van der Waals surface area contributed by atoms with Gasteiger partial charge in [0.2, 0.25) is 0 Å². The zero-order valence-corrected chi connectivity index (χ0v) is 32.9. The third-order valence-corrected chi connectivity index (χ3v) is 12.6. The molecule has 0 atom stereocenters. The molecule has 2 aliphatic rings. The van der Waals surface area contributed by atoms with Crippen LogP contribution >= 0.6 is 0 Å². The second-order valence-electron chi connectivity index (χ2n) is 15.8. The highest BCUT2D eigenvalue weighted by molar-refractivity contribution is 6.12. The third kappa shape index (κ3) is 5.28. The summed E-state index contributed by atoms with van der Waals surface area (Å²) in [4.78, 5) is 14.9. The highest BCUT2D eigenvalue weighted by Gasteiger charge is 2.50. The molecule has 12 rings (SSSR count). The Kier molecular flexibility index (Phi) is 7.78. The van der Waals surface area contributed by atoms with E-state index in [0.29, 0.717) is 23.0 Å². The first kappa shape index (κ1) is 34.8. The largest absolute Gasteiger partial charge is 0.208 e. The van der Waals surface area contributed by atoms with Gasteiger partial charge in [0, 0.05) is 16.7 Å². The molecule has 0 saturated heterocycles. The molecule has 282 valence electrons. The van der Waals surface area contributed by atoms with E-state index in [1.807, 2.05) is 78.9 Å². The summed E-state index contributed by atoms with van der Waals surface area (Å²) < 4.78 is 0. The molecular weight excluding hydrogens is 741 g/mol. The van der Waals surface area contributed by atoms with Crippen LogP contribution in [0.1, 0.15) is 27.8 Å². The van der Waals surface area contributed by atoms with Gasteiger partial charge < -0.3 is 0 Å². The van der Waals surface area contributed by atoms with Crippen molar-refractivity contribution in [3.05, 3.63) is 234 Å². The average molecular weight is 775 g/mol. The van der Waals surface area contributed by atoms with Crippen molar-refractivity contribution < 1.29 is 0 Å². The molecule has 0 radical (unpaired) electrons. The number of nitriles is 1. The number of benzene rings is 9. The minimum Gasteiger partial charge on any atom is -0.208 e. The van der Waals surface area contributed by atoms with Crippen molar-refractivity contribution in [1.82, 2.24) is 15.0 Å². The van der Waals surface area contributed by atoms with Gasteiger partial charge in [-0.3, -0.25) is 0 Å². The molecule has 2 aliphatic carbocycles. The van der Waals surface area contributed by atoms with Crippen LogP contribution in [0.15, 0.2) is 206 Å². The van der Waals surface area contributed by atoms with Gasteiger partial charge in [-0.2, -0.15) is 5.26 Å². The Morgan fingerprint density at radius 1 is 0.328 bits per heavy atom. The lowest BCUT2D eigenvalue weighted by Crippen LogP contribution is -2.32. The number of fused-ring (bicyclic) bond motifs is 9. The highest BCUT2D eigenvalue weighted by Crippen LogP contribution is 2.62. The molecule has 0 bridgehead atoms. The SMILES string of the molecule is N#Cc1cccc(-c2ccc3c(c2)C2(c4ccccc4-c4ccccc42)c2cccc4c(-c5ccc(-c6nc(-c7ccccc7)nc(-c7ccccc7)n6)cc5)ccc-3c24)c1. The van der Waals surface area contributed by atoms with Gasteiger partial charge in [-0.25, -0.2) is 15.0 Å². The van der Waals surface area contributed by atoms with Crippen LogP contribution in [0, 0.1) is 11.3 Å². The van der Waals surface area contributed by atoms with Gasteiger partial charge in [-0.05, 0) is 95.7 Å². The molecule has 0 amide bonds. The van der Waals surface area contributed by atoms with E-state index >= 15 is 0 Å². The predicted octanol–water partition coefficient (Wildman–Crippen LogP) is 13.6. The lowest BCUT2D eigenvalue weighted by molar-refractivity contribution is 0.774. The monoisotopic (exact) mass is 774 g/mol. The second-order valence-corrected chi connectivity index (χ2v) is 15.8. The highest BCUT2D eigenvalue weighted by atomic mass is 15.0. The van der Waals surface area contributed by atoms with E-state index in [4.69, 9.17) is 15.0 Å². The smallest absolute Gasteiger partial charge is 0.164 e. The van der Waals surface area contributed by atoms with Crippen LogP contribution in [0.3, 0.4) is 0 Å². The fraction of sp³-hybridized carbons (Fsp3) is 0.0175. The topological polar surface area (TPSA) is 62.5 Å². The number of nitrogens with zero attached hydrogens (tertiary/aromatic N) is 4. The van der Waals surface area contributed by atoms with Crippen LogP contribution < -0.4 is 0 Å². The molecule has 0 aliphatic heterocycles. The molecule has 1 heterocycles. The summed E-state index contributed by atoms with van der Waals surface area (Å²) in [5, 5.41) is 12.3. The van der Waals surface area contributed by atoms with Crippen LogP contribution in [0.4, 0.5) is 0 Å². The summed E-state index contributed by atoms with van der Waals surface area (Å²) >= 11 is 0. The van der Waals surface area contributed by atoms with Crippen LogP contribution in [0.2, 0.25) is 0 Å². The first-order valence-corrected chi connectivity index (χ1v) is 20.6. The lowest BCUT2D eigenvalue weighted by atomic mass is 9.61. The number of hydrogen-bond donors (Lipinski definition) is 0. The van der Waals surface area contributed by atoms with Gasteiger partial charge in [0.1, 0.15) is 0 Å². The Bertz CT molecular complexity index is 3320. The Hall–Kier alpha value is -8.26. The molecule has 0 saturated carbocycles. The van der Waals surface area contributed by atoms with Crippen molar-refractivity contribution in [1.29, 1.82) is 5.26 Å². The normalized spacial score (nSPS) is 12.7. The van der Waals surface area contributed by atoms with Gasteiger partial charge >= 0.3 is 0 Å². The zero-order valence-electron chi connectivity index (χ0n) is 32.9. The fourth-order valence-electron chi connectivity index (χ4n) is 9.93. The maximum Gasteiger partial charge on any atom is 0.164 e. The van der Waals surface area contributed by atoms with Gasteiger partial charge in [-0.15, -0.1) is 0 Å². The van der Waals surface area contributed by atoms with Gasteiger partial charge in [-0.1, -0.05) is 188 Å². The van der Waals surface area contributed by atoms with Crippen molar-refractivity contribution in [2.24, 2.45) is 0 Å². The van der Waals surface area contributed by atoms with E-state index < -0.39 is 5.41 Å². The average Bonchev–Trinajstić information content (AvgIpc) is 3.64. The van der Waals surface area contributed by atoms with Crippen LogP contribution in [-0.2, 0) is 5.41 Å². The molecule has 10 aromatic rings. The summed E-state index contributed by atoms with van der Waals surface area (Å²) in [7, 11) is 0. The third-order valence-electron chi connectivity index (χ3n) is 12.6. The van der Waals surface area contributed by atoms with Gasteiger partial charge in [0.15, 0.2) is 17.5 Å². The van der Waals surface area contributed by atoms with Gasteiger partial charge in [0.05, 0.1) is 17.0 Å². The second kappa shape index (κ2) is 13.7. The Morgan fingerprint density at radius 2 is 0.787 bits per heavy atom. The molecule has 0 N–H and O–H groups in total. The minimum atomic E-state index is -0.564. The molecule has 9 aromatic carbocycles. The van der Waals surface area contributed by atoms with Crippen LogP contribution in [0.25, 0.3) is 89.4 Å².